The summed E-state index contributed by atoms with van der Waals surface area (Å²) in [5, 5.41) is 0. The molecule has 1 saturated heterocycles. The van der Waals surface area contributed by atoms with Crippen molar-refractivity contribution in [1.29, 1.82) is 0 Å². The Balaban J connectivity index is 1.89. The van der Waals surface area contributed by atoms with Gasteiger partial charge in [-0.25, -0.2) is 4.98 Å². The lowest BCUT2D eigenvalue weighted by molar-refractivity contribution is 0.206. The van der Waals surface area contributed by atoms with Crippen LogP contribution in [0.2, 0.25) is 0 Å². The predicted octanol–water partition coefficient (Wildman–Crippen LogP) is 1.97. The zero-order valence-electron chi connectivity index (χ0n) is 12.2. The third kappa shape index (κ3) is 2.33. The number of rotatable bonds is 3. The van der Waals surface area contributed by atoms with Crippen LogP contribution in [0.1, 0.15) is 12.8 Å². The Labute approximate surface area is 119 Å². The first kappa shape index (κ1) is 13.2. The fraction of sp³-hybridized carbons (Fsp3) is 0.533. The highest BCUT2D eigenvalue weighted by Crippen LogP contribution is 2.29. The number of piperidine rings is 1. The fourth-order valence-electron chi connectivity index (χ4n) is 3.00. The first-order valence-corrected chi connectivity index (χ1v) is 7.16. The van der Waals surface area contributed by atoms with Gasteiger partial charge >= 0.3 is 0 Å². The molecule has 0 unspecified atom stereocenters. The van der Waals surface area contributed by atoms with Crippen molar-refractivity contribution in [3.63, 3.8) is 0 Å². The number of likely N-dealkylation sites (tertiary alicyclic amines) is 1. The van der Waals surface area contributed by atoms with Crippen molar-refractivity contribution in [1.82, 2.24) is 14.5 Å². The Morgan fingerprint density at radius 3 is 2.80 bits per heavy atom. The van der Waals surface area contributed by atoms with E-state index in [4.69, 9.17) is 10.5 Å². The molecule has 5 heteroatoms. The molecule has 0 saturated carbocycles. The second kappa shape index (κ2) is 5.32. The van der Waals surface area contributed by atoms with Gasteiger partial charge in [-0.3, -0.25) is 0 Å². The lowest BCUT2D eigenvalue weighted by Gasteiger charge is -2.29. The minimum absolute atomic E-state index is 0.587. The number of imidazole rings is 1. The molecule has 0 bridgehead atoms. The number of hydrogen-bond acceptors (Lipinski definition) is 4. The van der Waals surface area contributed by atoms with Gasteiger partial charge in [-0.15, -0.1) is 0 Å². The molecule has 20 heavy (non-hydrogen) atoms. The average Bonchev–Trinajstić information content (AvgIpc) is 2.77. The van der Waals surface area contributed by atoms with Crippen LogP contribution in [-0.2, 0) is 6.54 Å². The summed E-state index contributed by atoms with van der Waals surface area (Å²) in [5.41, 5.74) is 8.04. The molecule has 5 nitrogen and oxygen atoms in total. The van der Waals surface area contributed by atoms with E-state index in [0.29, 0.717) is 11.9 Å². The van der Waals surface area contributed by atoms with Gasteiger partial charge in [0.2, 0.25) is 5.95 Å². The van der Waals surface area contributed by atoms with Gasteiger partial charge in [-0.05, 0) is 51.0 Å². The first-order chi connectivity index (χ1) is 9.69. The molecule has 0 radical (unpaired) electrons. The maximum absolute atomic E-state index is 6.11. The molecule has 1 aromatic carbocycles. The summed E-state index contributed by atoms with van der Waals surface area (Å²) in [7, 11) is 3.85. The molecule has 0 atom stereocenters. The van der Waals surface area contributed by atoms with Gasteiger partial charge in [0, 0.05) is 6.54 Å². The van der Waals surface area contributed by atoms with Crippen molar-refractivity contribution in [2.24, 2.45) is 5.92 Å². The highest BCUT2D eigenvalue weighted by atomic mass is 16.5. The van der Waals surface area contributed by atoms with Gasteiger partial charge in [-0.2, -0.15) is 0 Å². The largest absolute Gasteiger partial charge is 0.494 e. The molecule has 1 aromatic heterocycles. The number of para-hydroxylation sites is 1. The molecule has 2 aromatic rings. The standard InChI is InChI=1S/C15H22N4O/c1-18-8-6-11(7-9-18)10-19-12-4-3-5-13(20-2)14(12)17-15(19)16/h3-5,11H,6-10H2,1-2H3,(H2,16,17). The molecular weight excluding hydrogens is 252 g/mol. The zero-order chi connectivity index (χ0) is 14.1. The van der Waals surface area contributed by atoms with Crippen LogP contribution in [0.4, 0.5) is 5.95 Å². The number of aromatic nitrogens is 2. The number of fused-ring (bicyclic) bond motifs is 1. The zero-order valence-corrected chi connectivity index (χ0v) is 12.2. The van der Waals surface area contributed by atoms with E-state index < -0.39 is 0 Å². The minimum atomic E-state index is 0.587. The minimum Gasteiger partial charge on any atom is -0.494 e. The van der Waals surface area contributed by atoms with Gasteiger partial charge in [0.25, 0.3) is 0 Å². The molecule has 2 heterocycles. The van der Waals surface area contributed by atoms with Gasteiger partial charge < -0.3 is 19.9 Å². The highest BCUT2D eigenvalue weighted by molar-refractivity contribution is 5.84. The van der Waals surface area contributed by atoms with E-state index in [1.807, 2.05) is 12.1 Å². The normalized spacial score (nSPS) is 17.7. The Morgan fingerprint density at radius 1 is 1.35 bits per heavy atom. The number of nitrogen functional groups attached to an aromatic ring is 1. The molecule has 108 valence electrons. The molecule has 1 aliphatic heterocycles. The lowest BCUT2D eigenvalue weighted by Crippen LogP contribution is -2.32. The Bertz CT molecular complexity index is 599. The second-order valence-electron chi connectivity index (χ2n) is 5.66. The van der Waals surface area contributed by atoms with Crippen molar-refractivity contribution >= 4 is 17.0 Å². The molecule has 0 aliphatic carbocycles. The van der Waals surface area contributed by atoms with Gasteiger partial charge in [0.1, 0.15) is 11.3 Å². The van der Waals surface area contributed by atoms with E-state index in [1.54, 1.807) is 7.11 Å². The maximum atomic E-state index is 6.11. The molecule has 1 aliphatic rings. The van der Waals surface area contributed by atoms with E-state index >= 15 is 0 Å². The van der Waals surface area contributed by atoms with Crippen LogP contribution >= 0.6 is 0 Å². The number of anilines is 1. The van der Waals surface area contributed by atoms with E-state index in [-0.39, 0.29) is 0 Å². The topological polar surface area (TPSA) is 56.3 Å². The van der Waals surface area contributed by atoms with Crippen LogP contribution in [0.25, 0.3) is 11.0 Å². The lowest BCUT2D eigenvalue weighted by atomic mass is 9.97. The maximum Gasteiger partial charge on any atom is 0.201 e. The third-order valence-corrected chi connectivity index (χ3v) is 4.27. The van der Waals surface area contributed by atoms with Gasteiger partial charge in [0.05, 0.1) is 12.6 Å². The van der Waals surface area contributed by atoms with Gasteiger partial charge in [0.15, 0.2) is 0 Å². The number of hydrogen-bond donors (Lipinski definition) is 1. The van der Waals surface area contributed by atoms with Crippen LogP contribution in [0.5, 0.6) is 5.75 Å². The van der Waals surface area contributed by atoms with Crippen molar-refractivity contribution < 1.29 is 4.74 Å². The average molecular weight is 274 g/mol. The number of nitrogens with two attached hydrogens (primary N) is 1. The Hall–Kier alpha value is -1.75. The predicted molar refractivity (Wildman–Crippen MR) is 80.9 cm³/mol. The first-order valence-electron chi connectivity index (χ1n) is 7.16. The van der Waals surface area contributed by atoms with Crippen LogP contribution < -0.4 is 10.5 Å². The highest BCUT2D eigenvalue weighted by Gasteiger charge is 2.20. The summed E-state index contributed by atoms with van der Waals surface area (Å²) >= 11 is 0. The molecule has 0 spiro atoms. The van der Waals surface area contributed by atoms with Crippen LogP contribution in [0, 0.1) is 5.92 Å². The van der Waals surface area contributed by atoms with Crippen molar-refractivity contribution in [2.45, 2.75) is 19.4 Å². The van der Waals surface area contributed by atoms with E-state index in [2.05, 4.69) is 27.6 Å². The number of benzene rings is 1. The third-order valence-electron chi connectivity index (χ3n) is 4.27. The van der Waals surface area contributed by atoms with Crippen LogP contribution in [0.15, 0.2) is 18.2 Å². The summed E-state index contributed by atoms with van der Waals surface area (Å²) in [6.07, 6.45) is 2.44. The smallest absolute Gasteiger partial charge is 0.201 e. The molecular formula is C15H22N4O. The van der Waals surface area contributed by atoms with E-state index in [1.165, 1.54) is 25.9 Å². The summed E-state index contributed by atoms with van der Waals surface area (Å²) in [5.74, 6) is 2.05. The number of nitrogens with zero attached hydrogens (tertiary/aromatic N) is 3. The van der Waals surface area contributed by atoms with E-state index in [9.17, 15) is 0 Å². The summed E-state index contributed by atoms with van der Waals surface area (Å²) < 4.78 is 7.49. The molecule has 3 rings (SSSR count). The quantitative estimate of drug-likeness (QED) is 0.929. The van der Waals surface area contributed by atoms with Crippen molar-refractivity contribution in [2.75, 3.05) is 33.0 Å². The Kier molecular flexibility index (Phi) is 3.53. The summed E-state index contributed by atoms with van der Waals surface area (Å²) in [6.45, 7) is 3.28. The van der Waals surface area contributed by atoms with Crippen molar-refractivity contribution in [3.05, 3.63) is 18.2 Å². The van der Waals surface area contributed by atoms with E-state index in [0.717, 1.165) is 23.3 Å². The number of ether oxygens (including phenoxy) is 1. The van der Waals surface area contributed by atoms with Crippen molar-refractivity contribution in [3.8, 4) is 5.75 Å². The molecule has 1 fully saturated rings. The van der Waals surface area contributed by atoms with Crippen LogP contribution in [-0.4, -0.2) is 41.7 Å². The van der Waals surface area contributed by atoms with Crippen LogP contribution in [0.3, 0.4) is 0 Å². The second-order valence-corrected chi connectivity index (χ2v) is 5.66. The summed E-state index contributed by atoms with van der Waals surface area (Å²) in [6, 6.07) is 5.98. The SMILES string of the molecule is COc1cccc2c1nc(N)n2CC1CCN(C)CC1. The monoisotopic (exact) mass is 274 g/mol. The van der Waals surface area contributed by atoms with Gasteiger partial charge in [-0.1, -0.05) is 6.07 Å². The Morgan fingerprint density at radius 2 is 2.10 bits per heavy atom. The number of methoxy groups -OCH3 is 1. The fourth-order valence-corrected chi connectivity index (χ4v) is 3.00. The molecule has 2 N–H and O–H groups in total. The molecule has 0 amide bonds. The summed E-state index contributed by atoms with van der Waals surface area (Å²) in [4.78, 5) is 6.85.